The van der Waals surface area contributed by atoms with E-state index in [1.807, 2.05) is 0 Å². The highest BCUT2D eigenvalue weighted by Gasteiger charge is 2.22. The normalized spacial score (nSPS) is 23.4. The van der Waals surface area contributed by atoms with Gasteiger partial charge in [-0.3, -0.25) is 4.90 Å². The summed E-state index contributed by atoms with van der Waals surface area (Å²) in [6.45, 7) is 7.07. The van der Waals surface area contributed by atoms with Gasteiger partial charge in [-0.05, 0) is 38.8 Å². The first kappa shape index (κ1) is 14.0. The molecule has 0 aromatic heterocycles. The van der Waals surface area contributed by atoms with Crippen LogP contribution in [-0.4, -0.2) is 30.1 Å². The summed E-state index contributed by atoms with van der Waals surface area (Å²) in [6, 6.07) is 1.01. The Morgan fingerprint density at radius 1 is 1.00 bits per heavy atom. The number of hydrogen-bond donors (Lipinski definition) is 1. The van der Waals surface area contributed by atoms with E-state index in [-0.39, 0.29) is 0 Å². The first-order valence-electron chi connectivity index (χ1n) is 7.29. The SMILES string of the molecule is CCCC(N)C(CC)N1CCCCCCC1. The molecule has 2 heteroatoms. The molecule has 2 N–H and O–H groups in total. The largest absolute Gasteiger partial charge is 0.326 e. The number of nitrogens with zero attached hydrogens (tertiary/aromatic N) is 1. The number of nitrogens with two attached hydrogens (primary N) is 1. The molecule has 1 fully saturated rings. The van der Waals surface area contributed by atoms with Crippen molar-refractivity contribution in [3.05, 3.63) is 0 Å². The predicted molar refractivity (Wildman–Crippen MR) is 71.6 cm³/mol. The molecule has 0 spiro atoms. The molecule has 1 rings (SSSR count). The van der Waals surface area contributed by atoms with Gasteiger partial charge in [0.25, 0.3) is 0 Å². The third-order valence-electron chi connectivity index (χ3n) is 3.89. The van der Waals surface area contributed by atoms with Crippen LogP contribution in [0.4, 0.5) is 0 Å². The van der Waals surface area contributed by atoms with Crippen LogP contribution in [0.1, 0.15) is 65.2 Å². The maximum Gasteiger partial charge on any atom is 0.0244 e. The Labute approximate surface area is 102 Å². The fourth-order valence-electron chi connectivity index (χ4n) is 2.96. The lowest BCUT2D eigenvalue weighted by atomic mass is 9.98. The lowest BCUT2D eigenvalue weighted by Gasteiger charge is -2.36. The minimum absolute atomic E-state index is 0.384. The van der Waals surface area contributed by atoms with Crippen molar-refractivity contribution in [2.45, 2.75) is 77.3 Å². The van der Waals surface area contributed by atoms with Crippen molar-refractivity contribution in [2.75, 3.05) is 13.1 Å². The van der Waals surface area contributed by atoms with Gasteiger partial charge in [-0.1, -0.05) is 39.5 Å². The first-order chi connectivity index (χ1) is 7.79. The van der Waals surface area contributed by atoms with Gasteiger partial charge in [0.2, 0.25) is 0 Å². The molecule has 1 heterocycles. The van der Waals surface area contributed by atoms with E-state index in [1.165, 1.54) is 64.5 Å². The molecule has 2 unspecified atom stereocenters. The molecule has 1 aliphatic rings. The van der Waals surface area contributed by atoms with Crippen molar-refractivity contribution in [1.29, 1.82) is 0 Å². The minimum atomic E-state index is 0.384. The Balaban J connectivity index is 2.47. The Kier molecular flexibility index (Phi) is 7.06. The molecule has 2 nitrogen and oxygen atoms in total. The molecule has 1 aliphatic heterocycles. The third-order valence-corrected chi connectivity index (χ3v) is 3.89. The van der Waals surface area contributed by atoms with E-state index in [9.17, 15) is 0 Å². The second-order valence-electron chi connectivity index (χ2n) is 5.23. The van der Waals surface area contributed by atoms with Crippen LogP contribution in [0.25, 0.3) is 0 Å². The summed E-state index contributed by atoms with van der Waals surface area (Å²) < 4.78 is 0. The van der Waals surface area contributed by atoms with E-state index in [2.05, 4.69) is 18.7 Å². The zero-order valence-electron chi connectivity index (χ0n) is 11.3. The van der Waals surface area contributed by atoms with Crippen LogP contribution in [0.5, 0.6) is 0 Å². The summed E-state index contributed by atoms with van der Waals surface area (Å²) >= 11 is 0. The van der Waals surface area contributed by atoms with Crippen molar-refractivity contribution in [3.8, 4) is 0 Å². The van der Waals surface area contributed by atoms with Crippen molar-refractivity contribution in [1.82, 2.24) is 4.90 Å². The van der Waals surface area contributed by atoms with E-state index in [0.717, 1.165) is 0 Å². The van der Waals surface area contributed by atoms with E-state index in [4.69, 9.17) is 5.73 Å². The Morgan fingerprint density at radius 2 is 1.56 bits per heavy atom. The topological polar surface area (TPSA) is 29.3 Å². The molecule has 0 radical (unpaired) electrons. The van der Waals surface area contributed by atoms with Gasteiger partial charge in [0.1, 0.15) is 0 Å². The van der Waals surface area contributed by atoms with Crippen LogP contribution < -0.4 is 5.73 Å². The predicted octanol–water partition coefficient (Wildman–Crippen LogP) is 3.16. The van der Waals surface area contributed by atoms with Gasteiger partial charge < -0.3 is 5.73 Å². The van der Waals surface area contributed by atoms with E-state index >= 15 is 0 Å². The average molecular weight is 226 g/mol. The Hall–Kier alpha value is -0.0800. The highest BCUT2D eigenvalue weighted by molar-refractivity contribution is 4.81. The van der Waals surface area contributed by atoms with Gasteiger partial charge in [0, 0.05) is 12.1 Å². The second kappa shape index (κ2) is 8.08. The zero-order valence-corrected chi connectivity index (χ0v) is 11.3. The van der Waals surface area contributed by atoms with Gasteiger partial charge in [-0.15, -0.1) is 0 Å². The monoisotopic (exact) mass is 226 g/mol. The Morgan fingerprint density at radius 3 is 2.06 bits per heavy atom. The van der Waals surface area contributed by atoms with E-state index < -0.39 is 0 Å². The van der Waals surface area contributed by atoms with Crippen LogP contribution in [0.2, 0.25) is 0 Å². The third kappa shape index (κ3) is 4.42. The Bertz CT molecular complexity index is 162. The molecule has 0 saturated carbocycles. The average Bonchev–Trinajstić information content (AvgIpc) is 2.22. The van der Waals surface area contributed by atoms with Crippen molar-refractivity contribution < 1.29 is 0 Å². The quantitative estimate of drug-likeness (QED) is 0.780. The highest BCUT2D eigenvalue weighted by Crippen LogP contribution is 2.17. The zero-order chi connectivity index (χ0) is 11.8. The molecule has 0 bridgehead atoms. The molecular weight excluding hydrogens is 196 g/mol. The first-order valence-corrected chi connectivity index (χ1v) is 7.29. The molecule has 0 aromatic carbocycles. The fourth-order valence-corrected chi connectivity index (χ4v) is 2.96. The summed E-state index contributed by atoms with van der Waals surface area (Å²) in [7, 11) is 0. The summed E-state index contributed by atoms with van der Waals surface area (Å²) in [5.74, 6) is 0. The maximum atomic E-state index is 6.32. The van der Waals surface area contributed by atoms with Gasteiger partial charge in [-0.25, -0.2) is 0 Å². The maximum absolute atomic E-state index is 6.32. The van der Waals surface area contributed by atoms with E-state index in [0.29, 0.717) is 12.1 Å². The molecule has 0 aliphatic carbocycles. The lowest BCUT2D eigenvalue weighted by molar-refractivity contribution is 0.148. The van der Waals surface area contributed by atoms with Crippen molar-refractivity contribution >= 4 is 0 Å². The molecule has 96 valence electrons. The van der Waals surface area contributed by atoms with Crippen LogP contribution >= 0.6 is 0 Å². The molecule has 0 amide bonds. The smallest absolute Gasteiger partial charge is 0.0244 e. The molecule has 16 heavy (non-hydrogen) atoms. The minimum Gasteiger partial charge on any atom is -0.326 e. The number of hydrogen-bond acceptors (Lipinski definition) is 2. The van der Waals surface area contributed by atoms with Gasteiger partial charge >= 0.3 is 0 Å². The van der Waals surface area contributed by atoms with Gasteiger partial charge in [0.15, 0.2) is 0 Å². The van der Waals surface area contributed by atoms with Crippen LogP contribution in [0, 0.1) is 0 Å². The summed E-state index contributed by atoms with van der Waals surface area (Å²) in [4.78, 5) is 2.67. The molecule has 2 atom stereocenters. The molecule has 0 aromatic rings. The van der Waals surface area contributed by atoms with Crippen LogP contribution in [0.15, 0.2) is 0 Å². The van der Waals surface area contributed by atoms with Gasteiger partial charge in [-0.2, -0.15) is 0 Å². The van der Waals surface area contributed by atoms with Crippen LogP contribution in [0.3, 0.4) is 0 Å². The lowest BCUT2D eigenvalue weighted by Crippen LogP contribution is -2.48. The second-order valence-corrected chi connectivity index (χ2v) is 5.23. The summed E-state index contributed by atoms with van der Waals surface area (Å²) in [6.07, 6.45) is 10.6. The standard InChI is InChI=1S/C14H30N2/c1-3-10-13(15)14(4-2)16-11-8-6-5-7-9-12-16/h13-14H,3-12,15H2,1-2H3. The number of likely N-dealkylation sites (tertiary alicyclic amines) is 1. The van der Waals surface area contributed by atoms with E-state index in [1.54, 1.807) is 0 Å². The van der Waals surface area contributed by atoms with Crippen LogP contribution in [-0.2, 0) is 0 Å². The summed E-state index contributed by atoms with van der Waals surface area (Å²) in [5.41, 5.74) is 6.32. The summed E-state index contributed by atoms with van der Waals surface area (Å²) in [5, 5.41) is 0. The fraction of sp³-hybridized carbons (Fsp3) is 1.00. The van der Waals surface area contributed by atoms with Gasteiger partial charge in [0.05, 0.1) is 0 Å². The molecule has 1 saturated heterocycles. The highest BCUT2D eigenvalue weighted by atomic mass is 15.2. The van der Waals surface area contributed by atoms with Crippen molar-refractivity contribution in [3.63, 3.8) is 0 Å². The number of rotatable bonds is 5. The molecular formula is C14H30N2. The van der Waals surface area contributed by atoms with Crippen molar-refractivity contribution in [2.24, 2.45) is 5.73 Å².